The van der Waals surface area contributed by atoms with Gasteiger partial charge in [-0.1, -0.05) is 29.3 Å². The zero-order chi connectivity index (χ0) is 25.4. The monoisotopic (exact) mass is 548 g/mol. The predicted molar refractivity (Wildman–Crippen MR) is 132 cm³/mol. The van der Waals surface area contributed by atoms with Crippen molar-refractivity contribution in [3.05, 3.63) is 96.1 Å². The van der Waals surface area contributed by atoms with Gasteiger partial charge in [-0.3, -0.25) is 10.1 Å². The van der Waals surface area contributed by atoms with Crippen molar-refractivity contribution in [3.8, 4) is 22.8 Å². The first-order valence-corrected chi connectivity index (χ1v) is 11.7. The lowest BCUT2D eigenvalue weighted by Crippen LogP contribution is -2.12. The molecule has 0 N–H and O–H groups in total. The number of nitro benzene ring substituents is 1. The molecule has 0 amide bonds. The second kappa shape index (κ2) is 9.69. The van der Waals surface area contributed by atoms with Gasteiger partial charge >= 0.3 is 0 Å². The van der Waals surface area contributed by atoms with Gasteiger partial charge in [-0.05, 0) is 30.3 Å². The topological polar surface area (TPSA) is 91.2 Å². The number of halogens is 4. The van der Waals surface area contributed by atoms with Crippen molar-refractivity contribution in [2.24, 2.45) is 10.1 Å². The van der Waals surface area contributed by atoms with Gasteiger partial charge in [0.25, 0.3) is 5.69 Å². The minimum absolute atomic E-state index is 0.0555. The van der Waals surface area contributed by atoms with Gasteiger partial charge in [0.2, 0.25) is 11.6 Å². The van der Waals surface area contributed by atoms with Gasteiger partial charge in [-0.2, -0.15) is 5.10 Å². The lowest BCUT2D eigenvalue weighted by Gasteiger charge is -2.06. The maximum Gasteiger partial charge on any atom is 0.282 e. The number of nitrogens with zero attached hydrogens (tertiary/aromatic N) is 4. The predicted octanol–water partition coefficient (Wildman–Crippen LogP) is 6.55. The normalized spacial score (nSPS) is 13.1. The summed E-state index contributed by atoms with van der Waals surface area (Å²) >= 11 is 13.4. The Labute approximate surface area is 215 Å². The summed E-state index contributed by atoms with van der Waals surface area (Å²) < 4.78 is 39.6. The van der Waals surface area contributed by atoms with Gasteiger partial charge in [-0.25, -0.2) is 18.4 Å². The van der Waals surface area contributed by atoms with Crippen LogP contribution in [-0.4, -0.2) is 22.6 Å². The van der Waals surface area contributed by atoms with E-state index in [1.165, 1.54) is 29.1 Å². The molecule has 0 atom stereocenters. The fraction of sp³-hybridized carbons (Fsp3) is 0.0435. The number of hydrogen-bond acceptors (Lipinski definition) is 7. The van der Waals surface area contributed by atoms with Crippen molar-refractivity contribution >= 4 is 52.1 Å². The van der Waals surface area contributed by atoms with Crippen molar-refractivity contribution in [3.63, 3.8) is 0 Å². The zero-order valence-corrected chi connectivity index (χ0v) is 20.2. The number of thiazole rings is 1. The first kappa shape index (κ1) is 23.9. The van der Waals surface area contributed by atoms with Crippen LogP contribution in [0.15, 0.2) is 64.0 Å². The van der Waals surface area contributed by atoms with E-state index in [4.69, 9.17) is 32.7 Å². The van der Waals surface area contributed by atoms with Crippen LogP contribution in [0.3, 0.4) is 0 Å². The van der Waals surface area contributed by atoms with Crippen molar-refractivity contribution in [2.45, 2.75) is 0 Å². The summed E-state index contributed by atoms with van der Waals surface area (Å²) in [4.78, 5) is 15.6. The molecule has 1 aromatic heterocycles. The highest BCUT2D eigenvalue weighted by molar-refractivity contribution is 7.07. The Hall–Kier alpha value is -3.80. The Balaban J connectivity index is 1.68. The smallest absolute Gasteiger partial charge is 0.282 e. The van der Waals surface area contributed by atoms with Gasteiger partial charge in [0.05, 0.1) is 38.5 Å². The van der Waals surface area contributed by atoms with Gasteiger partial charge in [0.15, 0.2) is 17.3 Å². The summed E-state index contributed by atoms with van der Waals surface area (Å²) in [5.41, 5.74) is 0.885. The second-order valence-electron chi connectivity index (χ2n) is 7.32. The van der Waals surface area contributed by atoms with Crippen LogP contribution in [0.4, 0.5) is 20.2 Å². The zero-order valence-electron chi connectivity index (χ0n) is 17.8. The first-order chi connectivity index (χ1) is 17.3. The molecule has 0 radical (unpaired) electrons. The molecule has 1 aliphatic rings. The average molecular weight is 549 g/mol. The molecule has 36 heavy (non-hydrogen) atoms. The Morgan fingerprint density at radius 3 is 2.56 bits per heavy atom. The van der Waals surface area contributed by atoms with Crippen LogP contribution in [-0.2, 0) is 0 Å². The third-order valence-electron chi connectivity index (χ3n) is 5.06. The van der Waals surface area contributed by atoms with Crippen molar-refractivity contribution in [1.29, 1.82) is 0 Å². The number of ether oxygens (including phenoxy) is 2. The Bertz CT molecular complexity index is 1620. The van der Waals surface area contributed by atoms with Gasteiger partial charge < -0.3 is 9.47 Å². The molecule has 0 bridgehead atoms. The summed E-state index contributed by atoms with van der Waals surface area (Å²) in [6.07, 6.45) is 1.26. The number of hydrogen-bond donors (Lipinski definition) is 0. The van der Waals surface area contributed by atoms with E-state index in [2.05, 4.69) is 10.1 Å². The molecular formula is C23H12Cl2F2N4O4S. The largest absolute Gasteiger partial charge is 0.454 e. The molecule has 0 spiro atoms. The summed E-state index contributed by atoms with van der Waals surface area (Å²) in [7, 11) is 0. The molecule has 0 fully saturated rings. The molecule has 2 heterocycles. The number of nitro groups is 1. The van der Waals surface area contributed by atoms with E-state index in [1.807, 2.05) is 0 Å². The Morgan fingerprint density at radius 2 is 1.83 bits per heavy atom. The van der Waals surface area contributed by atoms with Crippen LogP contribution in [0.2, 0.25) is 10.0 Å². The maximum atomic E-state index is 14.3. The molecule has 182 valence electrons. The molecule has 5 rings (SSSR count). The van der Waals surface area contributed by atoms with E-state index >= 15 is 0 Å². The van der Waals surface area contributed by atoms with Crippen LogP contribution in [0, 0.1) is 21.7 Å². The Kier molecular flexibility index (Phi) is 6.44. The van der Waals surface area contributed by atoms with Crippen LogP contribution in [0.25, 0.3) is 11.3 Å². The highest BCUT2D eigenvalue weighted by Gasteiger charge is 2.22. The Morgan fingerprint density at radius 1 is 1.06 bits per heavy atom. The van der Waals surface area contributed by atoms with Gasteiger partial charge in [0.1, 0.15) is 11.5 Å². The third kappa shape index (κ3) is 4.68. The lowest BCUT2D eigenvalue weighted by atomic mass is 10.1. The van der Waals surface area contributed by atoms with Gasteiger partial charge in [0, 0.05) is 17.0 Å². The molecule has 0 saturated heterocycles. The quantitative estimate of drug-likeness (QED) is 0.160. The molecule has 4 aromatic rings. The number of benzene rings is 3. The number of rotatable bonds is 5. The van der Waals surface area contributed by atoms with E-state index in [9.17, 15) is 18.9 Å². The summed E-state index contributed by atoms with van der Waals surface area (Å²) in [6, 6.07) is 10.6. The van der Waals surface area contributed by atoms with E-state index in [0.29, 0.717) is 27.1 Å². The molecule has 8 nitrogen and oxygen atoms in total. The summed E-state index contributed by atoms with van der Waals surface area (Å²) in [6.45, 7) is -0.0555. The lowest BCUT2D eigenvalue weighted by molar-refractivity contribution is -0.385. The van der Waals surface area contributed by atoms with Crippen LogP contribution < -0.4 is 14.3 Å². The van der Waals surface area contributed by atoms with Crippen molar-refractivity contribution in [2.75, 3.05) is 6.79 Å². The first-order valence-electron chi connectivity index (χ1n) is 10.1. The molecular weight excluding hydrogens is 537 g/mol. The van der Waals surface area contributed by atoms with E-state index < -0.39 is 16.6 Å². The molecule has 0 unspecified atom stereocenters. The van der Waals surface area contributed by atoms with Crippen molar-refractivity contribution in [1.82, 2.24) is 4.68 Å². The van der Waals surface area contributed by atoms with E-state index in [-0.39, 0.29) is 34.3 Å². The highest BCUT2D eigenvalue weighted by atomic mass is 35.5. The van der Waals surface area contributed by atoms with Crippen LogP contribution in [0.5, 0.6) is 11.5 Å². The fourth-order valence-corrected chi connectivity index (χ4v) is 4.49. The molecule has 1 aliphatic heterocycles. The fourth-order valence-electron chi connectivity index (χ4n) is 3.35. The maximum absolute atomic E-state index is 14.3. The molecule has 13 heteroatoms. The van der Waals surface area contributed by atoms with E-state index in [1.54, 1.807) is 23.6 Å². The summed E-state index contributed by atoms with van der Waals surface area (Å²) in [5.74, 6) is -1.02. The molecule has 0 aliphatic carbocycles. The second-order valence-corrected chi connectivity index (χ2v) is 8.97. The minimum Gasteiger partial charge on any atom is -0.454 e. The number of aromatic nitrogens is 1. The number of fused-ring (bicyclic) bond motifs is 1. The third-order valence-corrected chi connectivity index (χ3v) is 6.61. The van der Waals surface area contributed by atoms with Crippen LogP contribution >= 0.6 is 34.5 Å². The average Bonchev–Trinajstić information content (AvgIpc) is 3.47. The van der Waals surface area contributed by atoms with Crippen LogP contribution in [0.1, 0.15) is 5.56 Å². The highest BCUT2D eigenvalue weighted by Crippen LogP contribution is 2.37. The van der Waals surface area contributed by atoms with E-state index in [0.717, 1.165) is 23.5 Å². The van der Waals surface area contributed by atoms with Gasteiger partial charge in [-0.15, -0.1) is 11.3 Å². The SMILES string of the molecule is O=[N+]([O-])c1cc2c(cc1C=Nn1c(-c3ccc(Cl)c(Cl)c3)csc1=Nc1ccc(F)cc1F)OCO2. The van der Waals surface area contributed by atoms with Crippen molar-refractivity contribution < 1.29 is 23.2 Å². The molecule has 0 saturated carbocycles. The minimum atomic E-state index is -0.860. The molecule has 3 aromatic carbocycles. The standard InChI is InChI=1S/C23H12Cl2F2N4O4S/c24-15-3-1-12(5-16(15)25)20-10-36-23(29-18-4-2-14(26)7-17(18)27)30(20)28-9-13-6-21-22(35-11-34-21)8-19(13)31(32)33/h1-10H,11H2. The summed E-state index contributed by atoms with van der Waals surface area (Å²) in [5, 5.41) is 18.4.